The third-order valence-electron chi connectivity index (χ3n) is 5.00. The molecule has 1 unspecified atom stereocenters. The molecule has 0 saturated carbocycles. The second-order valence-electron chi connectivity index (χ2n) is 6.92. The standard InChI is InChI=1S/C18H14Cl2F3N5O2/c1-17(18(21,22)23)8-27(11-7-24-14-6-13(20)26-28(14)15(11)17)16(29)25-9-3-4-12(30-2)10(19)5-9/h3-7H,8H2,1-2H3,(H,25,29). The van der Waals surface area contributed by atoms with E-state index in [0.29, 0.717) is 11.4 Å². The first kappa shape index (κ1) is 20.5. The zero-order valence-corrected chi connectivity index (χ0v) is 17.1. The molecule has 1 atom stereocenters. The van der Waals surface area contributed by atoms with Crippen LogP contribution < -0.4 is 15.0 Å². The lowest BCUT2D eigenvalue weighted by Crippen LogP contribution is -2.46. The monoisotopic (exact) mass is 459 g/mol. The summed E-state index contributed by atoms with van der Waals surface area (Å²) in [5, 5.41) is 6.73. The number of carbonyl (C=O) groups is 1. The normalized spacial score (nSPS) is 18.6. The van der Waals surface area contributed by atoms with Crippen LogP contribution in [0.5, 0.6) is 5.75 Å². The summed E-state index contributed by atoms with van der Waals surface area (Å²) in [7, 11) is 1.44. The molecular weight excluding hydrogens is 446 g/mol. The number of halogens is 5. The van der Waals surface area contributed by atoms with Crippen molar-refractivity contribution in [3.05, 3.63) is 46.3 Å². The summed E-state index contributed by atoms with van der Waals surface area (Å²) in [5.74, 6) is 0.396. The molecule has 158 valence electrons. The Morgan fingerprint density at radius 3 is 2.67 bits per heavy atom. The Morgan fingerprint density at radius 1 is 1.30 bits per heavy atom. The summed E-state index contributed by atoms with van der Waals surface area (Å²) in [6.07, 6.45) is -3.45. The molecule has 0 bridgehead atoms. The van der Waals surface area contributed by atoms with Crippen LogP contribution >= 0.6 is 23.2 Å². The van der Waals surface area contributed by atoms with Gasteiger partial charge in [-0.3, -0.25) is 4.90 Å². The van der Waals surface area contributed by atoms with Crippen LogP contribution in [0.3, 0.4) is 0 Å². The molecule has 0 radical (unpaired) electrons. The maximum Gasteiger partial charge on any atom is 0.401 e. The highest BCUT2D eigenvalue weighted by atomic mass is 35.5. The van der Waals surface area contributed by atoms with E-state index in [4.69, 9.17) is 27.9 Å². The number of nitrogens with zero attached hydrogens (tertiary/aromatic N) is 4. The van der Waals surface area contributed by atoms with Gasteiger partial charge in [-0.15, -0.1) is 0 Å². The van der Waals surface area contributed by atoms with Gasteiger partial charge < -0.3 is 10.1 Å². The molecule has 1 aromatic carbocycles. The summed E-state index contributed by atoms with van der Waals surface area (Å²) >= 11 is 11.9. The van der Waals surface area contributed by atoms with Crippen molar-refractivity contribution in [3.63, 3.8) is 0 Å². The van der Waals surface area contributed by atoms with E-state index in [1.165, 1.54) is 37.6 Å². The maximum atomic E-state index is 14.1. The van der Waals surface area contributed by atoms with Crippen molar-refractivity contribution < 1.29 is 22.7 Å². The average molecular weight is 460 g/mol. The fraction of sp³-hybridized carbons (Fsp3) is 0.278. The summed E-state index contributed by atoms with van der Waals surface area (Å²) in [6.45, 7) is 0.359. The van der Waals surface area contributed by atoms with Crippen LogP contribution in [-0.4, -0.2) is 40.5 Å². The van der Waals surface area contributed by atoms with Gasteiger partial charge in [-0.05, 0) is 25.1 Å². The third kappa shape index (κ3) is 3.10. The number of carbonyl (C=O) groups excluding carboxylic acids is 1. The number of aromatic nitrogens is 3. The zero-order chi connectivity index (χ0) is 21.8. The quantitative estimate of drug-likeness (QED) is 0.590. The minimum absolute atomic E-state index is 0.00352. The van der Waals surface area contributed by atoms with Crippen LogP contribution in [0.1, 0.15) is 12.6 Å². The van der Waals surface area contributed by atoms with E-state index in [0.717, 1.165) is 16.3 Å². The third-order valence-corrected chi connectivity index (χ3v) is 5.48. The van der Waals surface area contributed by atoms with Gasteiger partial charge in [0.25, 0.3) is 0 Å². The van der Waals surface area contributed by atoms with Gasteiger partial charge in [0.05, 0.1) is 29.7 Å². The molecule has 1 aliphatic rings. The number of hydrogen-bond donors (Lipinski definition) is 1. The van der Waals surface area contributed by atoms with Crippen LogP contribution in [0.4, 0.5) is 29.3 Å². The van der Waals surface area contributed by atoms with Crippen LogP contribution in [0.15, 0.2) is 30.5 Å². The number of fused-ring (bicyclic) bond motifs is 3. The van der Waals surface area contributed by atoms with Gasteiger partial charge in [0, 0.05) is 18.3 Å². The largest absolute Gasteiger partial charge is 0.495 e. The number of anilines is 2. The fourth-order valence-electron chi connectivity index (χ4n) is 3.43. The zero-order valence-electron chi connectivity index (χ0n) is 15.6. The summed E-state index contributed by atoms with van der Waals surface area (Å²) < 4.78 is 48.3. The molecule has 7 nitrogen and oxygen atoms in total. The average Bonchev–Trinajstić information content (AvgIpc) is 3.19. The summed E-state index contributed by atoms with van der Waals surface area (Å²) in [5.41, 5.74) is -2.16. The number of rotatable bonds is 2. The van der Waals surface area contributed by atoms with Crippen molar-refractivity contribution in [2.75, 3.05) is 23.9 Å². The van der Waals surface area contributed by atoms with E-state index in [9.17, 15) is 18.0 Å². The van der Waals surface area contributed by atoms with Crippen molar-refractivity contribution in [3.8, 4) is 5.75 Å². The Kier molecular flexibility index (Phi) is 4.74. The Hall–Kier alpha value is -2.72. The van der Waals surface area contributed by atoms with Gasteiger partial charge in [-0.1, -0.05) is 23.2 Å². The first-order valence-corrected chi connectivity index (χ1v) is 9.34. The van der Waals surface area contributed by atoms with Crippen molar-refractivity contribution in [1.82, 2.24) is 14.6 Å². The van der Waals surface area contributed by atoms with E-state index in [1.54, 1.807) is 0 Å². The highest BCUT2D eigenvalue weighted by molar-refractivity contribution is 6.32. The Labute approximate surface area is 178 Å². The van der Waals surface area contributed by atoms with Crippen LogP contribution in [0.25, 0.3) is 5.65 Å². The first-order valence-electron chi connectivity index (χ1n) is 8.59. The van der Waals surface area contributed by atoms with Crippen LogP contribution in [0, 0.1) is 0 Å². The molecule has 1 aliphatic heterocycles. The molecule has 4 rings (SSSR count). The van der Waals surface area contributed by atoms with Gasteiger partial charge >= 0.3 is 12.2 Å². The predicted molar refractivity (Wildman–Crippen MR) is 106 cm³/mol. The second-order valence-corrected chi connectivity index (χ2v) is 7.72. The van der Waals surface area contributed by atoms with Crippen molar-refractivity contribution >= 4 is 46.3 Å². The molecule has 0 aliphatic carbocycles. The fourth-order valence-corrected chi connectivity index (χ4v) is 3.86. The topological polar surface area (TPSA) is 71.8 Å². The second kappa shape index (κ2) is 6.92. The molecule has 1 N–H and O–H groups in total. The predicted octanol–water partition coefficient (Wildman–Crippen LogP) is 4.92. The molecule has 0 fully saturated rings. The molecule has 0 spiro atoms. The summed E-state index contributed by atoms with van der Waals surface area (Å²) in [6, 6.07) is 5.07. The number of amides is 2. The highest BCUT2D eigenvalue weighted by Gasteiger charge is 2.60. The Balaban J connectivity index is 1.77. The minimum Gasteiger partial charge on any atom is -0.495 e. The van der Waals surface area contributed by atoms with Crippen LogP contribution in [-0.2, 0) is 5.41 Å². The van der Waals surface area contributed by atoms with Crippen LogP contribution in [0.2, 0.25) is 10.2 Å². The van der Waals surface area contributed by atoms with Gasteiger partial charge in [0.2, 0.25) is 0 Å². The van der Waals surface area contributed by atoms with E-state index in [2.05, 4.69) is 15.4 Å². The maximum absolute atomic E-state index is 14.1. The molecular formula is C18H14Cl2F3N5O2. The molecule has 2 amide bonds. The smallest absolute Gasteiger partial charge is 0.401 e. The number of nitrogens with one attached hydrogen (secondary N) is 1. The van der Waals surface area contributed by atoms with Gasteiger partial charge in [0.15, 0.2) is 10.8 Å². The van der Waals surface area contributed by atoms with E-state index < -0.39 is 24.2 Å². The van der Waals surface area contributed by atoms with E-state index in [-0.39, 0.29) is 27.2 Å². The number of ether oxygens (including phenoxy) is 1. The van der Waals surface area contributed by atoms with Crippen molar-refractivity contribution in [2.24, 2.45) is 0 Å². The lowest BCUT2D eigenvalue weighted by molar-refractivity contribution is -0.181. The Morgan fingerprint density at radius 2 is 2.03 bits per heavy atom. The van der Waals surface area contributed by atoms with Gasteiger partial charge in [-0.2, -0.15) is 18.3 Å². The number of hydrogen-bond acceptors (Lipinski definition) is 4. The first-order chi connectivity index (χ1) is 14.0. The number of benzene rings is 1. The Bertz CT molecular complexity index is 1170. The highest BCUT2D eigenvalue weighted by Crippen LogP contribution is 2.50. The lowest BCUT2D eigenvalue weighted by Gasteiger charge is -2.28. The number of urea groups is 1. The van der Waals surface area contributed by atoms with E-state index >= 15 is 0 Å². The molecule has 3 aromatic rings. The number of methoxy groups -OCH3 is 1. The molecule has 12 heteroatoms. The molecule has 0 saturated heterocycles. The molecule has 30 heavy (non-hydrogen) atoms. The van der Waals surface area contributed by atoms with Crippen molar-refractivity contribution in [1.29, 1.82) is 0 Å². The minimum atomic E-state index is -4.66. The summed E-state index contributed by atoms with van der Waals surface area (Å²) in [4.78, 5) is 18.0. The van der Waals surface area contributed by atoms with Gasteiger partial charge in [-0.25, -0.2) is 14.3 Å². The van der Waals surface area contributed by atoms with Gasteiger partial charge in [0.1, 0.15) is 11.2 Å². The SMILES string of the molecule is COc1ccc(NC(=O)N2CC(C)(C(F)(F)F)c3c2cnc2cc(Cl)nn32)cc1Cl. The van der Waals surface area contributed by atoms with E-state index in [1.807, 2.05) is 0 Å². The number of alkyl halides is 3. The van der Waals surface area contributed by atoms with Crippen molar-refractivity contribution in [2.45, 2.75) is 18.5 Å². The lowest BCUT2D eigenvalue weighted by atomic mass is 9.88. The molecule has 2 aromatic heterocycles. The molecule has 3 heterocycles.